The van der Waals surface area contributed by atoms with Gasteiger partial charge in [-0.25, -0.2) is 9.67 Å². The van der Waals surface area contributed by atoms with Crippen LogP contribution in [0.5, 0.6) is 0 Å². The summed E-state index contributed by atoms with van der Waals surface area (Å²) in [5.41, 5.74) is 2.56. The Labute approximate surface area is 196 Å². The Morgan fingerprint density at radius 1 is 1.15 bits per heavy atom. The van der Waals surface area contributed by atoms with E-state index in [1.807, 2.05) is 48.7 Å². The predicted molar refractivity (Wildman–Crippen MR) is 128 cm³/mol. The minimum Gasteiger partial charge on any atom is -0.356 e. The first-order chi connectivity index (χ1) is 16.1. The molecule has 0 aliphatic heterocycles. The molecule has 1 amide bonds. The van der Waals surface area contributed by atoms with Crippen molar-refractivity contribution in [2.75, 3.05) is 6.54 Å². The fourth-order valence-corrected chi connectivity index (χ4v) is 5.28. The summed E-state index contributed by atoms with van der Waals surface area (Å²) in [7, 11) is 0. The van der Waals surface area contributed by atoms with Crippen molar-refractivity contribution < 1.29 is 9.32 Å². The third-order valence-electron chi connectivity index (χ3n) is 5.05. The van der Waals surface area contributed by atoms with Crippen LogP contribution in [0.25, 0.3) is 31.4 Å². The number of amides is 1. The smallest absolute Gasteiger partial charge is 0.266 e. The largest absolute Gasteiger partial charge is 0.356 e. The van der Waals surface area contributed by atoms with Crippen molar-refractivity contribution in [3.8, 4) is 20.5 Å². The molecule has 4 heterocycles. The summed E-state index contributed by atoms with van der Waals surface area (Å²) >= 11 is 3.19. The van der Waals surface area contributed by atoms with E-state index in [-0.39, 0.29) is 31.0 Å². The SMILES string of the molecule is Cc1nc(-c2cccs2)sc1-c1ccc(=O)n(CCNC(=O)Cc2noc3ccccc23)n1. The average molecular weight is 478 g/mol. The molecule has 1 aromatic carbocycles. The first-order valence-electron chi connectivity index (χ1n) is 10.3. The van der Waals surface area contributed by atoms with Gasteiger partial charge in [0.1, 0.15) is 16.4 Å². The van der Waals surface area contributed by atoms with Gasteiger partial charge in [0.25, 0.3) is 5.56 Å². The number of fused-ring (bicyclic) bond motifs is 1. The van der Waals surface area contributed by atoms with E-state index in [1.54, 1.807) is 28.7 Å². The fourth-order valence-electron chi connectivity index (χ4n) is 3.45. The van der Waals surface area contributed by atoms with E-state index in [2.05, 4.69) is 20.6 Å². The number of nitrogens with one attached hydrogen (secondary N) is 1. The number of para-hydroxylation sites is 1. The quantitative estimate of drug-likeness (QED) is 0.381. The van der Waals surface area contributed by atoms with Crippen LogP contribution in [0.4, 0.5) is 0 Å². The molecule has 0 saturated carbocycles. The first-order valence-corrected chi connectivity index (χ1v) is 12.0. The lowest BCUT2D eigenvalue weighted by atomic mass is 10.1. The lowest BCUT2D eigenvalue weighted by Crippen LogP contribution is -2.32. The summed E-state index contributed by atoms with van der Waals surface area (Å²) in [6.07, 6.45) is 0.102. The van der Waals surface area contributed by atoms with Crippen molar-refractivity contribution in [2.45, 2.75) is 19.9 Å². The zero-order valence-corrected chi connectivity index (χ0v) is 19.3. The second kappa shape index (κ2) is 9.08. The van der Waals surface area contributed by atoms with Gasteiger partial charge in [0.05, 0.1) is 28.4 Å². The fraction of sp³-hybridized carbons (Fsp3) is 0.174. The number of hydrogen-bond donors (Lipinski definition) is 1. The van der Waals surface area contributed by atoms with Gasteiger partial charge in [-0.15, -0.1) is 22.7 Å². The van der Waals surface area contributed by atoms with Crippen LogP contribution in [0.1, 0.15) is 11.4 Å². The number of hydrogen-bond acceptors (Lipinski definition) is 8. The number of nitrogens with zero attached hydrogens (tertiary/aromatic N) is 4. The molecule has 166 valence electrons. The Hall–Kier alpha value is -3.63. The van der Waals surface area contributed by atoms with Crippen molar-refractivity contribution in [2.24, 2.45) is 0 Å². The Balaban J connectivity index is 1.26. The molecule has 0 spiro atoms. The van der Waals surface area contributed by atoms with Crippen molar-refractivity contribution in [1.29, 1.82) is 0 Å². The number of benzene rings is 1. The summed E-state index contributed by atoms with van der Waals surface area (Å²) in [6, 6.07) is 14.6. The van der Waals surface area contributed by atoms with Gasteiger partial charge in [0.15, 0.2) is 5.58 Å². The molecule has 0 aliphatic carbocycles. The molecule has 8 nitrogen and oxygen atoms in total. The van der Waals surface area contributed by atoms with Gasteiger partial charge in [-0.2, -0.15) is 5.10 Å². The van der Waals surface area contributed by atoms with E-state index < -0.39 is 0 Å². The third-order valence-corrected chi connectivity index (χ3v) is 7.27. The Kier molecular flexibility index (Phi) is 5.84. The maximum absolute atomic E-state index is 12.4. The maximum atomic E-state index is 12.4. The first kappa shape index (κ1) is 21.2. The minimum atomic E-state index is -0.226. The van der Waals surface area contributed by atoms with Crippen LogP contribution >= 0.6 is 22.7 Å². The molecule has 0 fully saturated rings. The zero-order valence-electron chi connectivity index (χ0n) is 17.6. The third kappa shape index (κ3) is 4.48. The summed E-state index contributed by atoms with van der Waals surface area (Å²) in [5, 5.41) is 15.1. The molecule has 0 radical (unpaired) electrons. The molecule has 0 saturated heterocycles. The van der Waals surface area contributed by atoms with Crippen molar-refractivity contribution in [3.05, 3.63) is 75.7 Å². The molecule has 0 aliphatic rings. The van der Waals surface area contributed by atoms with Gasteiger partial charge >= 0.3 is 0 Å². The monoisotopic (exact) mass is 477 g/mol. The van der Waals surface area contributed by atoms with Crippen LogP contribution in [0.15, 0.2) is 63.2 Å². The van der Waals surface area contributed by atoms with Crippen LogP contribution in [0.2, 0.25) is 0 Å². The summed E-state index contributed by atoms with van der Waals surface area (Å²) < 4.78 is 6.61. The second-order valence-corrected chi connectivity index (χ2v) is 9.29. The average Bonchev–Trinajstić information content (AvgIpc) is 3.56. The number of carbonyl (C=O) groups excluding carboxylic acids is 1. The van der Waals surface area contributed by atoms with Crippen molar-refractivity contribution in [3.63, 3.8) is 0 Å². The molecular weight excluding hydrogens is 458 g/mol. The number of thiazole rings is 1. The molecule has 5 rings (SSSR count). The van der Waals surface area contributed by atoms with E-state index in [9.17, 15) is 9.59 Å². The van der Waals surface area contributed by atoms with Gasteiger partial charge in [-0.1, -0.05) is 23.4 Å². The van der Waals surface area contributed by atoms with Gasteiger partial charge in [0.2, 0.25) is 5.91 Å². The van der Waals surface area contributed by atoms with E-state index >= 15 is 0 Å². The normalized spacial score (nSPS) is 11.2. The van der Waals surface area contributed by atoms with E-state index in [4.69, 9.17) is 4.52 Å². The van der Waals surface area contributed by atoms with Gasteiger partial charge in [0, 0.05) is 18.0 Å². The number of aromatic nitrogens is 4. The lowest BCUT2D eigenvalue weighted by molar-refractivity contribution is -0.120. The molecule has 1 N–H and O–H groups in total. The Morgan fingerprint density at radius 2 is 2.03 bits per heavy atom. The van der Waals surface area contributed by atoms with E-state index in [0.717, 1.165) is 25.8 Å². The number of thiophene rings is 1. The lowest BCUT2D eigenvalue weighted by Gasteiger charge is -2.08. The highest BCUT2D eigenvalue weighted by atomic mass is 32.1. The molecule has 0 unspecified atom stereocenters. The van der Waals surface area contributed by atoms with Crippen molar-refractivity contribution >= 4 is 39.5 Å². The Morgan fingerprint density at radius 3 is 2.88 bits per heavy atom. The highest BCUT2D eigenvalue weighted by Gasteiger charge is 2.15. The molecule has 5 aromatic rings. The molecule has 10 heteroatoms. The van der Waals surface area contributed by atoms with Crippen LogP contribution in [-0.2, 0) is 17.8 Å². The highest BCUT2D eigenvalue weighted by molar-refractivity contribution is 7.23. The maximum Gasteiger partial charge on any atom is 0.266 e. The Bertz CT molecular complexity index is 1480. The minimum absolute atomic E-state index is 0.102. The van der Waals surface area contributed by atoms with Crippen molar-refractivity contribution in [1.82, 2.24) is 25.2 Å². The summed E-state index contributed by atoms with van der Waals surface area (Å²) in [5.74, 6) is -0.197. The van der Waals surface area contributed by atoms with E-state index in [0.29, 0.717) is 17.0 Å². The molecule has 0 bridgehead atoms. The van der Waals surface area contributed by atoms with E-state index in [1.165, 1.54) is 10.7 Å². The zero-order chi connectivity index (χ0) is 22.8. The summed E-state index contributed by atoms with van der Waals surface area (Å²) in [6.45, 7) is 2.47. The predicted octanol–water partition coefficient (Wildman–Crippen LogP) is 3.90. The van der Waals surface area contributed by atoms with Crippen LogP contribution in [0.3, 0.4) is 0 Å². The molecular formula is C23H19N5O3S2. The van der Waals surface area contributed by atoms with Gasteiger partial charge in [-0.3, -0.25) is 9.59 Å². The second-order valence-electron chi connectivity index (χ2n) is 7.34. The number of rotatable bonds is 7. The van der Waals surface area contributed by atoms with Gasteiger partial charge in [-0.05, 0) is 36.6 Å². The summed E-state index contributed by atoms with van der Waals surface area (Å²) in [4.78, 5) is 31.4. The molecule has 33 heavy (non-hydrogen) atoms. The topological polar surface area (TPSA) is 103 Å². The number of carbonyl (C=O) groups is 1. The van der Waals surface area contributed by atoms with Crippen LogP contribution in [-0.4, -0.2) is 32.4 Å². The molecule has 4 aromatic heterocycles. The van der Waals surface area contributed by atoms with Crippen LogP contribution in [0, 0.1) is 6.92 Å². The highest BCUT2D eigenvalue weighted by Crippen LogP contribution is 2.35. The number of aryl methyl sites for hydroxylation is 1. The molecule has 0 atom stereocenters. The van der Waals surface area contributed by atoms with Crippen LogP contribution < -0.4 is 10.9 Å². The van der Waals surface area contributed by atoms with Gasteiger partial charge < -0.3 is 9.84 Å². The standard InChI is InChI=1S/C23H19N5O3S2/c1-14-22(33-23(25-14)19-7-4-12-32-19)16-8-9-21(30)28(26-16)11-10-24-20(29)13-17-15-5-2-3-6-18(15)31-27-17/h2-9,12H,10-11,13H2,1H3,(H,24,29).